The summed E-state index contributed by atoms with van der Waals surface area (Å²) in [5.74, 6) is 1.22. The molecule has 1 aromatic carbocycles. The number of hydrogen-bond donors (Lipinski definition) is 2. The largest absolute Gasteiger partial charge is 0.393 e. The summed E-state index contributed by atoms with van der Waals surface area (Å²) in [4.78, 5) is 15.1. The maximum absolute atomic E-state index is 13.0. The molecular formula is C19H25N5O2. The van der Waals surface area contributed by atoms with Gasteiger partial charge in [0, 0.05) is 18.2 Å². The third-order valence-corrected chi connectivity index (χ3v) is 5.60. The number of aliphatic hydroxyl groups excluding tert-OH is 1. The van der Waals surface area contributed by atoms with Crippen LogP contribution in [0.15, 0.2) is 12.1 Å². The molecule has 2 aromatic rings. The molecule has 0 unspecified atom stereocenters. The third kappa shape index (κ3) is 3.49. The number of carbonyl (C=O) groups is 1. The molecule has 26 heavy (non-hydrogen) atoms. The Hall–Kier alpha value is -2.28. The second kappa shape index (κ2) is 6.79. The van der Waals surface area contributed by atoms with Gasteiger partial charge in [-0.3, -0.25) is 4.79 Å². The highest BCUT2D eigenvalue weighted by Gasteiger charge is 2.37. The summed E-state index contributed by atoms with van der Waals surface area (Å²) in [6.45, 7) is 4.85. The van der Waals surface area contributed by atoms with Crippen molar-refractivity contribution in [1.29, 1.82) is 0 Å². The number of aryl methyl sites for hydroxylation is 2. The van der Waals surface area contributed by atoms with Crippen LogP contribution in [0.1, 0.15) is 42.4 Å². The molecule has 7 heteroatoms. The van der Waals surface area contributed by atoms with Crippen molar-refractivity contribution in [2.45, 2.75) is 58.1 Å². The molecule has 2 aliphatic rings. The van der Waals surface area contributed by atoms with Crippen molar-refractivity contribution in [2.24, 2.45) is 5.92 Å². The number of nitrogens with one attached hydrogen (secondary N) is 1. The number of aromatic amines is 1. The Morgan fingerprint density at radius 3 is 2.50 bits per heavy atom. The molecular weight excluding hydrogens is 330 g/mol. The minimum atomic E-state index is -0.168. The van der Waals surface area contributed by atoms with Crippen molar-refractivity contribution in [3.63, 3.8) is 0 Å². The molecule has 0 bridgehead atoms. The third-order valence-electron chi connectivity index (χ3n) is 5.60. The first-order valence-electron chi connectivity index (χ1n) is 9.32. The molecule has 7 nitrogen and oxygen atoms in total. The Balaban J connectivity index is 1.49. The standard InChI is InChI=1S/C19H25N5O2/c1-11-5-14(19-20-22-23-21-19)6-12(2)17(11)9-18(26)24(15-3-4-15)10-13-7-16(25)8-13/h5-6,13,15-16,25H,3-4,7-10H2,1-2H3,(H,20,21,22,23). The minimum Gasteiger partial charge on any atom is -0.393 e. The molecule has 0 spiro atoms. The Bertz CT molecular complexity index is 771. The van der Waals surface area contributed by atoms with Gasteiger partial charge >= 0.3 is 0 Å². The first-order valence-corrected chi connectivity index (χ1v) is 9.32. The smallest absolute Gasteiger partial charge is 0.227 e. The normalized spacial score (nSPS) is 22.1. The van der Waals surface area contributed by atoms with Crippen LogP contribution in [-0.2, 0) is 11.2 Å². The van der Waals surface area contributed by atoms with Gasteiger partial charge in [-0.05, 0) is 79.5 Å². The van der Waals surface area contributed by atoms with E-state index in [4.69, 9.17) is 0 Å². The lowest BCUT2D eigenvalue weighted by molar-refractivity contribution is -0.133. The zero-order chi connectivity index (χ0) is 18.3. The molecule has 2 aliphatic carbocycles. The predicted octanol–water partition coefficient (Wildman–Crippen LogP) is 1.79. The van der Waals surface area contributed by atoms with E-state index in [2.05, 4.69) is 25.5 Å². The van der Waals surface area contributed by atoms with E-state index >= 15 is 0 Å². The fraction of sp³-hybridized carbons (Fsp3) is 0.579. The van der Waals surface area contributed by atoms with Crippen LogP contribution in [0, 0.1) is 19.8 Å². The lowest BCUT2D eigenvalue weighted by Crippen LogP contribution is -2.43. The number of amides is 1. The average molecular weight is 355 g/mol. The van der Waals surface area contributed by atoms with Crippen LogP contribution < -0.4 is 0 Å². The van der Waals surface area contributed by atoms with Crippen LogP contribution in [0.3, 0.4) is 0 Å². The molecule has 4 rings (SSSR count). The van der Waals surface area contributed by atoms with E-state index in [0.29, 0.717) is 24.2 Å². The number of aliphatic hydroxyl groups is 1. The molecule has 2 saturated carbocycles. The van der Waals surface area contributed by atoms with Gasteiger partial charge in [-0.2, -0.15) is 5.21 Å². The van der Waals surface area contributed by atoms with Crippen LogP contribution in [0.5, 0.6) is 0 Å². The van der Waals surface area contributed by atoms with Crippen molar-refractivity contribution in [3.8, 4) is 11.4 Å². The topological polar surface area (TPSA) is 95.0 Å². The molecule has 1 heterocycles. The van der Waals surface area contributed by atoms with E-state index < -0.39 is 0 Å². The summed E-state index contributed by atoms with van der Waals surface area (Å²) < 4.78 is 0. The van der Waals surface area contributed by atoms with Crippen LogP contribution >= 0.6 is 0 Å². The zero-order valence-electron chi connectivity index (χ0n) is 15.3. The average Bonchev–Trinajstić information content (AvgIpc) is 3.26. The van der Waals surface area contributed by atoms with Crippen LogP contribution in [0.25, 0.3) is 11.4 Å². The number of rotatable bonds is 6. The summed E-state index contributed by atoms with van der Waals surface area (Å²) in [6, 6.07) is 4.44. The first kappa shape index (κ1) is 17.1. The van der Waals surface area contributed by atoms with Crippen molar-refractivity contribution >= 4 is 5.91 Å². The van der Waals surface area contributed by atoms with E-state index in [9.17, 15) is 9.90 Å². The second-order valence-corrected chi connectivity index (χ2v) is 7.77. The Morgan fingerprint density at radius 1 is 1.27 bits per heavy atom. The monoisotopic (exact) mass is 355 g/mol. The molecule has 138 valence electrons. The van der Waals surface area contributed by atoms with E-state index in [1.165, 1.54) is 0 Å². The molecule has 0 radical (unpaired) electrons. The van der Waals surface area contributed by atoms with Crippen molar-refractivity contribution in [2.75, 3.05) is 6.54 Å². The van der Waals surface area contributed by atoms with Crippen LogP contribution in [-0.4, -0.2) is 55.2 Å². The van der Waals surface area contributed by atoms with Crippen molar-refractivity contribution in [3.05, 3.63) is 28.8 Å². The molecule has 0 atom stereocenters. The molecule has 1 aromatic heterocycles. The predicted molar refractivity (Wildman–Crippen MR) is 96.3 cm³/mol. The summed E-state index contributed by atoms with van der Waals surface area (Å²) in [5.41, 5.74) is 4.15. The van der Waals surface area contributed by atoms with Gasteiger partial charge < -0.3 is 10.0 Å². The lowest BCUT2D eigenvalue weighted by Gasteiger charge is -2.36. The maximum Gasteiger partial charge on any atom is 0.227 e. The Kier molecular flexibility index (Phi) is 4.48. The quantitative estimate of drug-likeness (QED) is 0.824. The highest BCUT2D eigenvalue weighted by Crippen LogP contribution is 2.34. The van der Waals surface area contributed by atoms with E-state index in [-0.39, 0.29) is 12.0 Å². The van der Waals surface area contributed by atoms with Gasteiger partial charge in [0.05, 0.1) is 12.5 Å². The Labute approximate surface area is 152 Å². The van der Waals surface area contributed by atoms with E-state index in [0.717, 1.165) is 54.5 Å². The molecule has 2 fully saturated rings. The van der Waals surface area contributed by atoms with Crippen LogP contribution in [0.4, 0.5) is 0 Å². The van der Waals surface area contributed by atoms with E-state index in [1.807, 2.05) is 26.0 Å². The summed E-state index contributed by atoms with van der Waals surface area (Å²) >= 11 is 0. The maximum atomic E-state index is 13.0. The number of hydrogen-bond acceptors (Lipinski definition) is 5. The van der Waals surface area contributed by atoms with Gasteiger partial charge in [-0.25, -0.2) is 0 Å². The lowest BCUT2D eigenvalue weighted by atomic mass is 9.82. The molecule has 1 amide bonds. The zero-order valence-corrected chi connectivity index (χ0v) is 15.3. The molecule has 0 aliphatic heterocycles. The first-order chi connectivity index (χ1) is 12.5. The molecule has 0 saturated heterocycles. The number of benzene rings is 1. The highest BCUT2D eigenvalue weighted by atomic mass is 16.3. The number of H-pyrrole nitrogens is 1. The van der Waals surface area contributed by atoms with E-state index in [1.54, 1.807) is 0 Å². The van der Waals surface area contributed by atoms with Crippen molar-refractivity contribution in [1.82, 2.24) is 25.5 Å². The number of nitrogens with zero attached hydrogens (tertiary/aromatic N) is 4. The SMILES string of the molecule is Cc1cc(-c2nn[nH]n2)cc(C)c1CC(=O)N(CC1CC(O)C1)C1CC1. The fourth-order valence-corrected chi connectivity index (χ4v) is 3.91. The van der Waals surface area contributed by atoms with Gasteiger partial charge in [-0.1, -0.05) is 0 Å². The number of aromatic nitrogens is 4. The van der Waals surface area contributed by atoms with Crippen molar-refractivity contribution < 1.29 is 9.90 Å². The second-order valence-electron chi connectivity index (χ2n) is 7.77. The van der Waals surface area contributed by atoms with Gasteiger partial charge in [0.1, 0.15) is 0 Å². The van der Waals surface area contributed by atoms with Gasteiger partial charge in [0.15, 0.2) is 0 Å². The minimum absolute atomic E-state index is 0.168. The highest BCUT2D eigenvalue weighted by molar-refractivity contribution is 5.80. The molecule has 2 N–H and O–H groups in total. The van der Waals surface area contributed by atoms with Crippen LogP contribution in [0.2, 0.25) is 0 Å². The summed E-state index contributed by atoms with van der Waals surface area (Å²) in [6.07, 6.45) is 4.13. The van der Waals surface area contributed by atoms with Gasteiger partial charge in [0.25, 0.3) is 0 Å². The fourth-order valence-electron chi connectivity index (χ4n) is 3.91. The summed E-state index contributed by atoms with van der Waals surface area (Å²) in [5, 5.41) is 23.7. The Morgan fingerprint density at radius 2 is 1.96 bits per heavy atom. The number of carbonyl (C=O) groups excluding carboxylic acids is 1. The van der Waals surface area contributed by atoms with Gasteiger partial charge in [0.2, 0.25) is 11.7 Å². The number of tetrazole rings is 1. The summed E-state index contributed by atoms with van der Waals surface area (Å²) in [7, 11) is 0. The van der Waals surface area contributed by atoms with Gasteiger partial charge in [-0.15, -0.1) is 10.2 Å².